The first kappa shape index (κ1) is 13.6. The average molecular weight is 258 g/mol. The number of hydrogen-bond donors (Lipinski definition) is 2. The molecule has 4 N–H and O–H groups in total. The van der Waals surface area contributed by atoms with Gasteiger partial charge in [-0.05, 0) is 18.6 Å². The summed E-state index contributed by atoms with van der Waals surface area (Å²) in [5, 5.41) is 0. The molecule has 0 atom stereocenters. The number of benzene rings is 1. The van der Waals surface area contributed by atoms with Crippen LogP contribution in [0.5, 0.6) is 0 Å². The van der Waals surface area contributed by atoms with Gasteiger partial charge in [-0.2, -0.15) is 8.42 Å². The predicted octanol–water partition coefficient (Wildman–Crippen LogP) is 0.559. The van der Waals surface area contributed by atoms with Gasteiger partial charge in [-0.1, -0.05) is 12.1 Å². The molecule has 0 aliphatic rings. The molecule has 2 aromatic rings. The van der Waals surface area contributed by atoms with Crippen molar-refractivity contribution >= 4 is 21.2 Å². The van der Waals surface area contributed by atoms with Crippen LogP contribution < -0.4 is 0 Å². The van der Waals surface area contributed by atoms with Crippen LogP contribution in [0.2, 0.25) is 0 Å². The molecule has 0 saturated heterocycles. The highest BCUT2D eigenvalue weighted by atomic mass is 32.2. The molecule has 7 heteroatoms. The third kappa shape index (κ3) is 3.81. The molecule has 0 unspecified atom stereocenters. The molecule has 0 bridgehead atoms. The highest BCUT2D eigenvalue weighted by molar-refractivity contribution is 7.85. The quantitative estimate of drug-likeness (QED) is 0.779. The second-order valence-electron chi connectivity index (χ2n) is 3.59. The number of fused-ring (bicyclic) bond motifs is 1. The van der Waals surface area contributed by atoms with Crippen LogP contribution >= 0.6 is 0 Å². The lowest BCUT2D eigenvalue weighted by molar-refractivity contribution is 0.481. The first-order chi connectivity index (χ1) is 7.54. The zero-order valence-electron chi connectivity index (χ0n) is 9.05. The summed E-state index contributed by atoms with van der Waals surface area (Å²) < 4.78 is 29.6. The van der Waals surface area contributed by atoms with Crippen LogP contribution in [0.4, 0.5) is 0 Å². The van der Waals surface area contributed by atoms with Crippen molar-refractivity contribution in [3.05, 3.63) is 30.1 Å². The molecule has 0 radical (unpaired) electrons. The van der Waals surface area contributed by atoms with E-state index in [2.05, 4.69) is 9.97 Å². The van der Waals surface area contributed by atoms with Crippen LogP contribution in [0.25, 0.3) is 11.0 Å². The Morgan fingerprint density at radius 3 is 2.65 bits per heavy atom. The van der Waals surface area contributed by atoms with Crippen LogP contribution in [-0.4, -0.2) is 34.2 Å². The second kappa shape index (κ2) is 5.26. The molecule has 0 fully saturated rings. The van der Waals surface area contributed by atoms with Gasteiger partial charge in [0.2, 0.25) is 0 Å². The Morgan fingerprint density at radius 2 is 2.00 bits per heavy atom. The molecule has 0 aliphatic heterocycles. The lowest BCUT2D eigenvalue weighted by Crippen LogP contribution is -2.05. The number of hydrogen-bond acceptors (Lipinski definition) is 3. The number of aromatic amines is 1. The van der Waals surface area contributed by atoms with Gasteiger partial charge in [0.25, 0.3) is 10.1 Å². The van der Waals surface area contributed by atoms with E-state index in [1.54, 1.807) is 0 Å². The minimum atomic E-state index is -3.87. The molecule has 2 rings (SSSR count). The number of nitrogens with one attached hydrogen (secondary N) is 1. The molecule has 17 heavy (non-hydrogen) atoms. The van der Waals surface area contributed by atoms with Gasteiger partial charge in [0.1, 0.15) is 5.82 Å². The van der Waals surface area contributed by atoms with Gasteiger partial charge in [0.05, 0.1) is 16.8 Å². The Kier molecular flexibility index (Phi) is 4.22. The van der Waals surface area contributed by atoms with Crippen LogP contribution in [0.15, 0.2) is 24.3 Å². The molecule has 0 amide bonds. The highest BCUT2D eigenvalue weighted by Crippen LogP contribution is 2.11. The van der Waals surface area contributed by atoms with Crippen LogP contribution in [0, 0.1) is 0 Å². The fraction of sp³-hybridized carbons (Fsp3) is 0.300. The van der Waals surface area contributed by atoms with E-state index in [4.69, 9.17) is 4.55 Å². The second-order valence-corrected chi connectivity index (χ2v) is 5.16. The number of imidazole rings is 1. The Bertz CT molecular complexity index is 558. The summed E-state index contributed by atoms with van der Waals surface area (Å²) >= 11 is 0. The maximum absolute atomic E-state index is 10.5. The Labute approximate surface area is 98.7 Å². The maximum Gasteiger partial charge on any atom is 0.264 e. The molecule has 1 aromatic heterocycles. The smallest absolute Gasteiger partial charge is 0.264 e. The summed E-state index contributed by atoms with van der Waals surface area (Å²) in [5.41, 5.74) is 1.80. The monoisotopic (exact) mass is 258 g/mol. The third-order valence-corrected chi connectivity index (χ3v) is 3.06. The Balaban J connectivity index is 0.00000144. The number of rotatable bonds is 4. The summed E-state index contributed by atoms with van der Waals surface area (Å²) in [7, 11) is -3.87. The van der Waals surface area contributed by atoms with E-state index in [1.807, 2.05) is 24.3 Å². The van der Waals surface area contributed by atoms with Crippen molar-refractivity contribution < 1.29 is 18.4 Å². The molecular weight excluding hydrogens is 244 g/mol. The number of aryl methyl sites for hydroxylation is 1. The molecule has 0 aliphatic carbocycles. The summed E-state index contributed by atoms with van der Waals surface area (Å²) in [5.74, 6) is 0.509. The van der Waals surface area contributed by atoms with Gasteiger partial charge in [-0.3, -0.25) is 4.55 Å². The number of para-hydroxylation sites is 2. The standard InChI is InChI=1S/C10H12N2O3S.H2O/c13-16(14,15)7-3-6-10-11-8-4-1-2-5-9(8)12-10;/h1-2,4-5H,3,6-7H2,(H,11,12)(H,13,14,15);1H2. The Hall–Kier alpha value is -1.44. The zero-order chi connectivity index (χ0) is 11.6. The SMILES string of the molecule is O.O=S(=O)(O)CCCc1nc2ccccc2[nH]1. The van der Waals surface area contributed by atoms with Crippen molar-refractivity contribution in [2.24, 2.45) is 0 Å². The first-order valence-electron chi connectivity index (χ1n) is 4.93. The highest BCUT2D eigenvalue weighted by Gasteiger charge is 2.06. The van der Waals surface area contributed by atoms with Crippen molar-refractivity contribution in [3.63, 3.8) is 0 Å². The maximum atomic E-state index is 10.5. The van der Waals surface area contributed by atoms with Crippen LogP contribution in [0.3, 0.4) is 0 Å². The van der Waals surface area contributed by atoms with Gasteiger partial charge in [-0.25, -0.2) is 4.98 Å². The summed E-state index contributed by atoms with van der Waals surface area (Å²) in [4.78, 5) is 7.39. The summed E-state index contributed by atoms with van der Waals surface area (Å²) in [6.45, 7) is 0. The van der Waals surface area contributed by atoms with E-state index in [9.17, 15) is 8.42 Å². The molecule has 1 heterocycles. The van der Waals surface area contributed by atoms with Crippen molar-refractivity contribution in [1.29, 1.82) is 0 Å². The van der Waals surface area contributed by atoms with Crippen molar-refractivity contribution in [2.75, 3.05) is 5.75 Å². The average Bonchev–Trinajstić information content (AvgIpc) is 2.57. The molecule has 0 saturated carbocycles. The molecule has 94 valence electrons. The molecular formula is C10H14N2O4S. The fourth-order valence-corrected chi connectivity index (χ4v) is 2.06. The number of nitrogens with zero attached hydrogens (tertiary/aromatic N) is 1. The van der Waals surface area contributed by atoms with Gasteiger partial charge in [0, 0.05) is 6.42 Å². The normalized spacial score (nSPS) is 11.4. The van der Waals surface area contributed by atoms with Gasteiger partial charge < -0.3 is 10.5 Å². The van der Waals surface area contributed by atoms with Crippen LogP contribution in [0.1, 0.15) is 12.2 Å². The minimum absolute atomic E-state index is 0. The Morgan fingerprint density at radius 1 is 1.29 bits per heavy atom. The number of H-pyrrole nitrogens is 1. The van der Waals surface area contributed by atoms with Gasteiger partial charge >= 0.3 is 0 Å². The van der Waals surface area contributed by atoms with Gasteiger partial charge in [0.15, 0.2) is 0 Å². The van der Waals surface area contributed by atoms with Crippen molar-refractivity contribution in [2.45, 2.75) is 12.8 Å². The lowest BCUT2D eigenvalue weighted by atomic mass is 10.3. The molecule has 0 spiro atoms. The van der Waals surface area contributed by atoms with E-state index in [-0.39, 0.29) is 11.2 Å². The van der Waals surface area contributed by atoms with Crippen molar-refractivity contribution in [1.82, 2.24) is 9.97 Å². The van der Waals surface area contributed by atoms with E-state index in [0.717, 1.165) is 16.9 Å². The first-order valence-corrected chi connectivity index (χ1v) is 6.54. The summed E-state index contributed by atoms with van der Waals surface area (Å²) in [6.07, 6.45) is 0.868. The predicted molar refractivity (Wildman–Crippen MR) is 64.4 cm³/mol. The van der Waals surface area contributed by atoms with E-state index < -0.39 is 10.1 Å². The van der Waals surface area contributed by atoms with Gasteiger partial charge in [-0.15, -0.1) is 0 Å². The topological polar surface area (TPSA) is 115 Å². The van der Waals surface area contributed by atoms with Crippen molar-refractivity contribution in [3.8, 4) is 0 Å². The largest absolute Gasteiger partial charge is 0.412 e. The third-order valence-electron chi connectivity index (χ3n) is 2.25. The zero-order valence-corrected chi connectivity index (χ0v) is 9.87. The van der Waals surface area contributed by atoms with E-state index in [0.29, 0.717) is 12.8 Å². The van der Waals surface area contributed by atoms with E-state index >= 15 is 0 Å². The fourth-order valence-electron chi connectivity index (χ4n) is 1.55. The molecule has 6 nitrogen and oxygen atoms in total. The summed E-state index contributed by atoms with van der Waals surface area (Å²) in [6, 6.07) is 7.60. The van der Waals surface area contributed by atoms with Crippen LogP contribution in [-0.2, 0) is 16.5 Å². The number of aromatic nitrogens is 2. The van der Waals surface area contributed by atoms with E-state index in [1.165, 1.54) is 0 Å². The minimum Gasteiger partial charge on any atom is -0.412 e. The lowest BCUT2D eigenvalue weighted by Gasteiger charge is -1.94. The molecule has 1 aromatic carbocycles.